The lowest BCUT2D eigenvalue weighted by molar-refractivity contribution is -0.148. The van der Waals surface area contributed by atoms with Crippen LogP contribution in [0.15, 0.2) is 42.5 Å². The minimum absolute atomic E-state index is 0.220. The van der Waals surface area contributed by atoms with Crippen molar-refractivity contribution in [3.63, 3.8) is 0 Å². The molecule has 0 saturated heterocycles. The molecule has 0 amide bonds. The van der Waals surface area contributed by atoms with E-state index in [1.54, 1.807) is 28.1 Å². The van der Waals surface area contributed by atoms with E-state index in [-0.39, 0.29) is 18.5 Å². The summed E-state index contributed by atoms with van der Waals surface area (Å²) in [5.74, 6) is 1.38. The average molecular weight is 370 g/mol. The lowest BCUT2D eigenvalue weighted by Crippen LogP contribution is -2.21. The fourth-order valence-electron chi connectivity index (χ4n) is 2.41. The van der Waals surface area contributed by atoms with Crippen LogP contribution in [0.4, 0.5) is 0 Å². The fraction of sp³-hybridized carbons (Fsp3) is 0.318. The predicted octanol–water partition coefficient (Wildman–Crippen LogP) is 4.45. The first-order chi connectivity index (χ1) is 13.1. The van der Waals surface area contributed by atoms with E-state index >= 15 is 0 Å². The van der Waals surface area contributed by atoms with Crippen LogP contribution in [0.5, 0.6) is 17.2 Å². The van der Waals surface area contributed by atoms with Gasteiger partial charge in [0.25, 0.3) is 0 Å². The van der Waals surface area contributed by atoms with Crippen LogP contribution in [0.1, 0.15) is 25.0 Å². The SMILES string of the molecule is CCOC(=O)C(C)COc1cc(/C=C/c2cccc(OC)c2)ccc1OC. The van der Waals surface area contributed by atoms with Gasteiger partial charge in [0.15, 0.2) is 11.5 Å². The van der Waals surface area contributed by atoms with Crippen LogP contribution in [-0.4, -0.2) is 33.4 Å². The van der Waals surface area contributed by atoms with Crippen molar-refractivity contribution in [3.8, 4) is 17.2 Å². The molecule has 0 fully saturated rings. The van der Waals surface area contributed by atoms with Crippen molar-refractivity contribution in [2.75, 3.05) is 27.4 Å². The number of benzene rings is 2. The Morgan fingerprint density at radius 2 is 1.74 bits per heavy atom. The molecule has 0 aliphatic carbocycles. The van der Waals surface area contributed by atoms with E-state index in [1.165, 1.54) is 0 Å². The predicted molar refractivity (Wildman–Crippen MR) is 106 cm³/mol. The highest BCUT2D eigenvalue weighted by Crippen LogP contribution is 2.29. The molecule has 0 aliphatic rings. The third-order valence-corrected chi connectivity index (χ3v) is 3.93. The number of rotatable bonds is 9. The molecule has 1 unspecified atom stereocenters. The molecular formula is C22H26O5. The minimum Gasteiger partial charge on any atom is -0.497 e. The zero-order valence-corrected chi connectivity index (χ0v) is 16.2. The van der Waals surface area contributed by atoms with Crippen molar-refractivity contribution in [1.82, 2.24) is 0 Å². The minimum atomic E-state index is -0.356. The molecule has 2 aromatic rings. The summed E-state index contributed by atoms with van der Waals surface area (Å²) < 4.78 is 21.4. The van der Waals surface area contributed by atoms with Crippen LogP contribution in [0.25, 0.3) is 12.2 Å². The smallest absolute Gasteiger partial charge is 0.312 e. The van der Waals surface area contributed by atoms with Crippen LogP contribution < -0.4 is 14.2 Å². The molecule has 0 N–H and O–H groups in total. The van der Waals surface area contributed by atoms with Gasteiger partial charge in [-0.2, -0.15) is 0 Å². The third-order valence-electron chi connectivity index (χ3n) is 3.93. The molecule has 144 valence electrons. The topological polar surface area (TPSA) is 54.0 Å². The van der Waals surface area contributed by atoms with Gasteiger partial charge >= 0.3 is 5.97 Å². The van der Waals surface area contributed by atoms with Crippen LogP contribution in [0.2, 0.25) is 0 Å². The standard InChI is InChI=1S/C22H26O5/c1-5-26-22(23)16(2)15-27-21-14-18(11-12-20(21)25-4)10-9-17-7-6-8-19(13-17)24-3/h6-14,16H,5,15H2,1-4H3/b10-9+. The number of esters is 1. The van der Waals surface area contributed by atoms with E-state index in [2.05, 4.69) is 0 Å². The van der Waals surface area contributed by atoms with Crippen molar-refractivity contribution < 1.29 is 23.7 Å². The molecule has 0 bridgehead atoms. The van der Waals surface area contributed by atoms with Gasteiger partial charge in [-0.05, 0) is 49.2 Å². The molecule has 5 heteroatoms. The van der Waals surface area contributed by atoms with Crippen LogP contribution in [0, 0.1) is 5.92 Å². The fourth-order valence-corrected chi connectivity index (χ4v) is 2.41. The van der Waals surface area contributed by atoms with Gasteiger partial charge in [-0.15, -0.1) is 0 Å². The highest BCUT2D eigenvalue weighted by Gasteiger charge is 2.16. The summed E-state index contributed by atoms with van der Waals surface area (Å²) in [6, 6.07) is 13.5. The first-order valence-corrected chi connectivity index (χ1v) is 8.87. The second-order valence-corrected chi connectivity index (χ2v) is 5.98. The maximum Gasteiger partial charge on any atom is 0.312 e. The summed E-state index contributed by atoms with van der Waals surface area (Å²) in [4.78, 5) is 11.7. The summed E-state index contributed by atoms with van der Waals surface area (Å²) in [5.41, 5.74) is 1.99. The number of hydrogen-bond acceptors (Lipinski definition) is 5. The van der Waals surface area contributed by atoms with E-state index in [1.807, 2.05) is 54.6 Å². The largest absolute Gasteiger partial charge is 0.497 e. The molecule has 2 aromatic carbocycles. The molecule has 5 nitrogen and oxygen atoms in total. The molecule has 0 radical (unpaired) electrons. The highest BCUT2D eigenvalue weighted by molar-refractivity contribution is 5.72. The monoisotopic (exact) mass is 370 g/mol. The number of carbonyl (C=O) groups excluding carboxylic acids is 1. The first kappa shape index (κ1) is 20.4. The Bertz CT molecular complexity index is 782. The maximum atomic E-state index is 11.7. The summed E-state index contributed by atoms with van der Waals surface area (Å²) in [5, 5.41) is 0. The number of carbonyl (C=O) groups is 1. The van der Waals surface area contributed by atoms with E-state index < -0.39 is 0 Å². The van der Waals surface area contributed by atoms with Crippen LogP contribution in [-0.2, 0) is 9.53 Å². The Balaban J connectivity index is 2.11. The van der Waals surface area contributed by atoms with Gasteiger partial charge in [-0.3, -0.25) is 4.79 Å². The summed E-state index contributed by atoms with van der Waals surface area (Å²) in [6.07, 6.45) is 3.98. The molecule has 0 aliphatic heterocycles. The molecule has 0 heterocycles. The second kappa shape index (κ2) is 10.3. The molecule has 0 aromatic heterocycles. The zero-order chi connectivity index (χ0) is 19.6. The van der Waals surface area contributed by atoms with Crippen molar-refractivity contribution in [2.24, 2.45) is 5.92 Å². The number of hydrogen-bond donors (Lipinski definition) is 0. The third kappa shape index (κ3) is 6.06. The Morgan fingerprint density at radius 3 is 2.41 bits per heavy atom. The molecule has 2 rings (SSSR count). The van der Waals surface area contributed by atoms with Crippen molar-refractivity contribution in [3.05, 3.63) is 53.6 Å². The van der Waals surface area contributed by atoms with Crippen molar-refractivity contribution >= 4 is 18.1 Å². The van der Waals surface area contributed by atoms with Crippen molar-refractivity contribution in [2.45, 2.75) is 13.8 Å². The quantitative estimate of drug-likeness (QED) is 0.482. The van der Waals surface area contributed by atoms with Gasteiger partial charge in [0.2, 0.25) is 0 Å². The Kier molecular flexibility index (Phi) is 7.74. The van der Waals surface area contributed by atoms with E-state index in [9.17, 15) is 4.79 Å². The molecule has 0 saturated carbocycles. The van der Waals surface area contributed by atoms with Gasteiger partial charge < -0.3 is 18.9 Å². The summed E-state index contributed by atoms with van der Waals surface area (Å²) in [6.45, 7) is 4.14. The first-order valence-electron chi connectivity index (χ1n) is 8.87. The molecular weight excluding hydrogens is 344 g/mol. The van der Waals surface area contributed by atoms with Gasteiger partial charge in [0.1, 0.15) is 12.4 Å². The van der Waals surface area contributed by atoms with Gasteiger partial charge in [0, 0.05) is 0 Å². The normalized spacial score (nSPS) is 11.9. The molecule has 27 heavy (non-hydrogen) atoms. The Morgan fingerprint density at radius 1 is 1.00 bits per heavy atom. The molecule has 0 spiro atoms. The average Bonchev–Trinajstić information content (AvgIpc) is 2.70. The van der Waals surface area contributed by atoms with E-state index in [0.29, 0.717) is 18.1 Å². The zero-order valence-electron chi connectivity index (χ0n) is 16.2. The molecule has 1 atom stereocenters. The Labute approximate surface area is 160 Å². The lowest BCUT2D eigenvalue weighted by Gasteiger charge is -2.14. The highest BCUT2D eigenvalue weighted by atomic mass is 16.5. The van der Waals surface area contributed by atoms with Gasteiger partial charge in [0.05, 0.1) is 26.7 Å². The summed E-state index contributed by atoms with van der Waals surface area (Å²) >= 11 is 0. The Hall–Kier alpha value is -2.95. The van der Waals surface area contributed by atoms with E-state index in [0.717, 1.165) is 16.9 Å². The van der Waals surface area contributed by atoms with Crippen LogP contribution >= 0.6 is 0 Å². The van der Waals surface area contributed by atoms with Crippen LogP contribution in [0.3, 0.4) is 0 Å². The van der Waals surface area contributed by atoms with Crippen molar-refractivity contribution in [1.29, 1.82) is 0 Å². The summed E-state index contributed by atoms with van der Waals surface area (Å²) in [7, 11) is 3.23. The second-order valence-electron chi connectivity index (χ2n) is 5.98. The number of ether oxygens (including phenoxy) is 4. The van der Waals surface area contributed by atoms with Gasteiger partial charge in [-0.25, -0.2) is 0 Å². The lowest BCUT2D eigenvalue weighted by atomic mass is 10.1. The van der Waals surface area contributed by atoms with Gasteiger partial charge in [-0.1, -0.05) is 30.4 Å². The number of methoxy groups -OCH3 is 2. The maximum absolute atomic E-state index is 11.7. The van der Waals surface area contributed by atoms with E-state index in [4.69, 9.17) is 18.9 Å².